The van der Waals surface area contributed by atoms with E-state index in [0.29, 0.717) is 5.03 Å². The van der Waals surface area contributed by atoms with Gasteiger partial charge in [0.1, 0.15) is 5.15 Å². The van der Waals surface area contributed by atoms with Crippen LogP contribution in [0.15, 0.2) is 17.2 Å². The Bertz CT molecular complexity index is 387. The monoisotopic (exact) mass is 261 g/mol. The van der Waals surface area contributed by atoms with Crippen LogP contribution in [0.5, 0.6) is 0 Å². The molecule has 0 unspecified atom stereocenters. The van der Waals surface area contributed by atoms with Gasteiger partial charge in [-0.15, -0.1) is 0 Å². The van der Waals surface area contributed by atoms with Crippen LogP contribution in [0.2, 0.25) is 5.15 Å². The zero-order valence-electron chi connectivity index (χ0n) is 9.01. The molecule has 1 aromatic heterocycles. The van der Waals surface area contributed by atoms with Gasteiger partial charge in [-0.2, -0.15) is 0 Å². The largest absolute Gasteiger partial charge is 0.309 e. The Balaban J connectivity index is 2.76. The molecular formula is C9H12ClN3O2S. The third-order valence-corrected chi connectivity index (χ3v) is 2.95. The summed E-state index contributed by atoms with van der Waals surface area (Å²) >= 11 is 7.04. The van der Waals surface area contributed by atoms with Crippen LogP contribution in [0.1, 0.15) is 0 Å². The van der Waals surface area contributed by atoms with Gasteiger partial charge in [0, 0.05) is 18.4 Å². The summed E-state index contributed by atoms with van der Waals surface area (Å²) in [5, 5.41) is 11.4. The molecule has 0 amide bonds. The molecule has 0 N–H and O–H groups in total. The maximum absolute atomic E-state index is 10.7. The second-order valence-electron chi connectivity index (χ2n) is 3.37. The molecule has 16 heavy (non-hydrogen) atoms. The lowest BCUT2D eigenvalue weighted by Gasteiger charge is -2.08. The summed E-state index contributed by atoms with van der Waals surface area (Å²) in [6, 6.07) is 2.81. The van der Waals surface area contributed by atoms with Crippen molar-refractivity contribution in [3.63, 3.8) is 0 Å². The molecular weight excluding hydrogens is 250 g/mol. The van der Waals surface area contributed by atoms with Crippen LogP contribution in [0.4, 0.5) is 5.69 Å². The smallest absolute Gasteiger partial charge is 0.301 e. The Morgan fingerprint density at radius 3 is 2.81 bits per heavy atom. The molecule has 1 aromatic rings. The van der Waals surface area contributed by atoms with E-state index in [2.05, 4.69) is 4.98 Å². The van der Waals surface area contributed by atoms with Gasteiger partial charge in [0.2, 0.25) is 0 Å². The number of aromatic nitrogens is 1. The molecule has 0 fully saturated rings. The van der Waals surface area contributed by atoms with E-state index in [1.165, 1.54) is 23.9 Å². The maximum atomic E-state index is 10.7. The molecule has 0 atom stereocenters. The summed E-state index contributed by atoms with van der Waals surface area (Å²) in [4.78, 5) is 16.2. The van der Waals surface area contributed by atoms with Crippen molar-refractivity contribution < 1.29 is 4.92 Å². The minimum Gasteiger partial charge on any atom is -0.309 e. The van der Waals surface area contributed by atoms with Crippen LogP contribution in [0.25, 0.3) is 0 Å². The number of pyridine rings is 1. The van der Waals surface area contributed by atoms with E-state index in [-0.39, 0.29) is 10.8 Å². The molecule has 0 saturated heterocycles. The quantitative estimate of drug-likeness (QED) is 0.352. The minimum atomic E-state index is -0.443. The van der Waals surface area contributed by atoms with Crippen molar-refractivity contribution in [2.45, 2.75) is 5.03 Å². The van der Waals surface area contributed by atoms with Gasteiger partial charge in [0.05, 0.1) is 4.92 Å². The van der Waals surface area contributed by atoms with Gasteiger partial charge in [-0.25, -0.2) is 4.98 Å². The molecule has 0 aromatic carbocycles. The Labute approximate surface area is 103 Å². The standard InChI is InChI=1S/C9H12ClN3O2S/c1-12(2)5-6-16-9-7(13(14)15)3-4-8(10)11-9/h3-4H,5-6H2,1-2H3. The molecule has 1 heterocycles. The van der Waals surface area contributed by atoms with Crippen molar-refractivity contribution in [3.05, 3.63) is 27.4 Å². The first kappa shape index (κ1) is 13.2. The molecule has 0 bridgehead atoms. The van der Waals surface area contributed by atoms with Crippen molar-refractivity contribution >= 4 is 29.1 Å². The van der Waals surface area contributed by atoms with Gasteiger partial charge in [-0.3, -0.25) is 10.1 Å². The van der Waals surface area contributed by atoms with E-state index >= 15 is 0 Å². The van der Waals surface area contributed by atoms with Gasteiger partial charge < -0.3 is 4.90 Å². The maximum Gasteiger partial charge on any atom is 0.301 e. The Hall–Kier alpha value is -0.850. The minimum absolute atomic E-state index is 0.00755. The van der Waals surface area contributed by atoms with Crippen LogP contribution in [0, 0.1) is 10.1 Å². The van der Waals surface area contributed by atoms with Crippen molar-refractivity contribution in [1.82, 2.24) is 9.88 Å². The first-order chi connectivity index (χ1) is 7.50. The highest BCUT2D eigenvalue weighted by Crippen LogP contribution is 2.28. The van der Waals surface area contributed by atoms with E-state index in [1.807, 2.05) is 19.0 Å². The molecule has 0 radical (unpaired) electrons. The van der Waals surface area contributed by atoms with Gasteiger partial charge >= 0.3 is 5.69 Å². The first-order valence-corrected chi connectivity index (χ1v) is 5.95. The second-order valence-corrected chi connectivity index (χ2v) is 4.84. The van der Waals surface area contributed by atoms with Crippen LogP contribution in [-0.2, 0) is 0 Å². The zero-order valence-corrected chi connectivity index (χ0v) is 10.6. The summed E-state index contributed by atoms with van der Waals surface area (Å²) in [5.74, 6) is 0.737. The third-order valence-electron chi connectivity index (χ3n) is 1.78. The predicted octanol–water partition coefficient (Wildman–Crippen LogP) is 2.30. The molecule has 5 nitrogen and oxygen atoms in total. The number of nitrogens with zero attached hydrogens (tertiary/aromatic N) is 3. The highest BCUT2D eigenvalue weighted by Gasteiger charge is 2.15. The molecule has 0 spiro atoms. The Morgan fingerprint density at radius 1 is 1.56 bits per heavy atom. The van der Waals surface area contributed by atoms with Crippen LogP contribution in [0.3, 0.4) is 0 Å². The highest BCUT2D eigenvalue weighted by atomic mass is 35.5. The topological polar surface area (TPSA) is 59.3 Å². The Kier molecular flexibility index (Phi) is 4.98. The molecule has 0 saturated carbocycles. The van der Waals surface area contributed by atoms with Crippen LogP contribution in [-0.4, -0.2) is 41.2 Å². The number of nitro groups is 1. The summed E-state index contributed by atoms with van der Waals surface area (Å²) in [6.07, 6.45) is 0. The molecule has 7 heteroatoms. The second kappa shape index (κ2) is 6.03. The number of hydrogen-bond donors (Lipinski definition) is 0. The summed E-state index contributed by atoms with van der Waals surface area (Å²) in [6.45, 7) is 0.829. The van der Waals surface area contributed by atoms with Gasteiger partial charge in [0.25, 0.3) is 0 Å². The lowest BCUT2D eigenvalue weighted by atomic mass is 10.4. The number of hydrogen-bond acceptors (Lipinski definition) is 5. The average molecular weight is 262 g/mol. The lowest BCUT2D eigenvalue weighted by Crippen LogP contribution is -2.14. The highest BCUT2D eigenvalue weighted by molar-refractivity contribution is 7.99. The Morgan fingerprint density at radius 2 is 2.25 bits per heavy atom. The molecule has 0 aliphatic heterocycles. The molecule has 0 aliphatic carbocycles. The van der Waals surface area contributed by atoms with E-state index in [4.69, 9.17) is 11.6 Å². The van der Waals surface area contributed by atoms with Crippen LogP contribution >= 0.6 is 23.4 Å². The number of halogens is 1. The number of thioether (sulfide) groups is 1. The van der Waals surface area contributed by atoms with Crippen molar-refractivity contribution in [3.8, 4) is 0 Å². The summed E-state index contributed by atoms with van der Waals surface area (Å²) in [5.41, 5.74) is 0.00755. The summed E-state index contributed by atoms with van der Waals surface area (Å²) < 4.78 is 0. The van der Waals surface area contributed by atoms with Crippen molar-refractivity contribution in [2.75, 3.05) is 26.4 Å². The third kappa shape index (κ3) is 3.96. The van der Waals surface area contributed by atoms with E-state index in [0.717, 1.165) is 12.3 Å². The predicted molar refractivity (Wildman–Crippen MR) is 65.2 cm³/mol. The van der Waals surface area contributed by atoms with E-state index in [9.17, 15) is 10.1 Å². The molecule has 0 aliphatic rings. The molecule has 1 rings (SSSR count). The van der Waals surface area contributed by atoms with Crippen molar-refractivity contribution in [2.24, 2.45) is 0 Å². The fourth-order valence-corrected chi connectivity index (χ4v) is 2.28. The average Bonchev–Trinajstić information content (AvgIpc) is 2.16. The van der Waals surface area contributed by atoms with Crippen LogP contribution < -0.4 is 0 Å². The summed E-state index contributed by atoms with van der Waals surface area (Å²) in [7, 11) is 3.89. The fourth-order valence-electron chi connectivity index (χ4n) is 0.981. The van der Waals surface area contributed by atoms with E-state index < -0.39 is 4.92 Å². The SMILES string of the molecule is CN(C)CCSc1nc(Cl)ccc1[N+](=O)[O-]. The number of rotatable bonds is 5. The van der Waals surface area contributed by atoms with Gasteiger partial charge in [-0.05, 0) is 20.2 Å². The lowest BCUT2D eigenvalue weighted by molar-refractivity contribution is -0.388. The first-order valence-electron chi connectivity index (χ1n) is 4.59. The van der Waals surface area contributed by atoms with Gasteiger partial charge in [-0.1, -0.05) is 23.4 Å². The molecule has 88 valence electrons. The van der Waals surface area contributed by atoms with E-state index in [1.54, 1.807) is 0 Å². The normalized spacial score (nSPS) is 10.8. The van der Waals surface area contributed by atoms with Crippen molar-refractivity contribution in [1.29, 1.82) is 0 Å². The van der Waals surface area contributed by atoms with Gasteiger partial charge in [0.15, 0.2) is 5.03 Å². The fraction of sp³-hybridized carbons (Fsp3) is 0.444. The zero-order chi connectivity index (χ0) is 12.1.